The van der Waals surface area contributed by atoms with Gasteiger partial charge in [-0.3, -0.25) is 4.79 Å². The van der Waals surface area contributed by atoms with Crippen molar-refractivity contribution in [3.05, 3.63) is 22.4 Å². The summed E-state index contributed by atoms with van der Waals surface area (Å²) in [5.41, 5.74) is 5.97. The Bertz CT molecular complexity index is 380. The first-order valence-electron chi connectivity index (χ1n) is 6.42. The molecule has 2 rings (SSSR count). The maximum absolute atomic E-state index is 11.0. The third-order valence-corrected chi connectivity index (χ3v) is 4.40. The highest BCUT2D eigenvalue weighted by Crippen LogP contribution is 2.26. The minimum Gasteiger partial charge on any atom is -0.481 e. The van der Waals surface area contributed by atoms with Crippen LogP contribution in [-0.2, 0) is 4.79 Å². The van der Waals surface area contributed by atoms with Crippen LogP contribution in [0.5, 0.6) is 0 Å². The van der Waals surface area contributed by atoms with E-state index in [1.165, 1.54) is 0 Å². The van der Waals surface area contributed by atoms with Crippen molar-refractivity contribution < 1.29 is 9.90 Å². The summed E-state index contributed by atoms with van der Waals surface area (Å²) in [7, 11) is 0. The number of aliphatic carboxylic acids is 1. The average molecular weight is 268 g/mol. The van der Waals surface area contributed by atoms with Crippen molar-refractivity contribution in [2.45, 2.75) is 50.2 Å². The summed E-state index contributed by atoms with van der Waals surface area (Å²) in [5, 5.41) is 14.5. The molecular formula is C13H20N2O2S. The van der Waals surface area contributed by atoms with E-state index in [1.54, 1.807) is 11.3 Å². The van der Waals surface area contributed by atoms with Crippen molar-refractivity contribution in [1.29, 1.82) is 0 Å². The van der Waals surface area contributed by atoms with Gasteiger partial charge in [0, 0.05) is 17.0 Å². The van der Waals surface area contributed by atoms with Crippen LogP contribution in [0.1, 0.15) is 43.0 Å². The molecule has 5 heteroatoms. The first-order chi connectivity index (χ1) is 8.65. The Labute approximate surface area is 111 Å². The molecule has 18 heavy (non-hydrogen) atoms. The van der Waals surface area contributed by atoms with Gasteiger partial charge in [-0.2, -0.15) is 0 Å². The minimum atomic E-state index is -0.763. The van der Waals surface area contributed by atoms with Crippen molar-refractivity contribution in [2.24, 2.45) is 5.73 Å². The number of thiophene rings is 1. The van der Waals surface area contributed by atoms with Crippen molar-refractivity contribution in [2.75, 3.05) is 0 Å². The van der Waals surface area contributed by atoms with E-state index in [0.29, 0.717) is 6.04 Å². The number of nitrogens with two attached hydrogens (primary N) is 1. The molecule has 1 aliphatic carbocycles. The standard InChI is InChI=1S/C13H20N2O2S/c14-9-3-1-4-10(7-9)15-11(8-13(16)17)12-5-2-6-18-12/h2,5-6,9-11,15H,1,3-4,7-8,14H2,(H,16,17). The molecule has 100 valence electrons. The van der Waals surface area contributed by atoms with E-state index in [9.17, 15) is 4.79 Å². The molecule has 0 saturated heterocycles. The van der Waals surface area contributed by atoms with Crippen LogP contribution in [0.4, 0.5) is 0 Å². The van der Waals surface area contributed by atoms with Gasteiger partial charge in [0.25, 0.3) is 0 Å². The molecule has 1 aliphatic rings. The van der Waals surface area contributed by atoms with Crippen LogP contribution in [0.3, 0.4) is 0 Å². The largest absolute Gasteiger partial charge is 0.481 e. The Balaban J connectivity index is 1.98. The van der Waals surface area contributed by atoms with Gasteiger partial charge in [-0.25, -0.2) is 0 Å². The van der Waals surface area contributed by atoms with Crippen molar-refractivity contribution in [3.63, 3.8) is 0 Å². The monoisotopic (exact) mass is 268 g/mol. The van der Waals surface area contributed by atoms with E-state index in [1.807, 2.05) is 17.5 Å². The lowest BCUT2D eigenvalue weighted by Gasteiger charge is -2.30. The SMILES string of the molecule is NC1CCCC(NC(CC(=O)O)c2cccs2)C1. The van der Waals surface area contributed by atoms with Crippen LogP contribution in [0, 0.1) is 0 Å². The van der Waals surface area contributed by atoms with Gasteiger partial charge in [0.1, 0.15) is 0 Å². The van der Waals surface area contributed by atoms with Gasteiger partial charge >= 0.3 is 5.97 Å². The highest BCUT2D eigenvalue weighted by atomic mass is 32.1. The van der Waals surface area contributed by atoms with E-state index >= 15 is 0 Å². The molecule has 1 saturated carbocycles. The quantitative estimate of drug-likeness (QED) is 0.764. The van der Waals surface area contributed by atoms with Crippen LogP contribution >= 0.6 is 11.3 Å². The van der Waals surface area contributed by atoms with Gasteiger partial charge < -0.3 is 16.2 Å². The number of carbonyl (C=O) groups is 1. The molecule has 1 aromatic rings. The fourth-order valence-corrected chi connectivity index (χ4v) is 3.36. The van der Waals surface area contributed by atoms with Gasteiger partial charge in [0.15, 0.2) is 0 Å². The summed E-state index contributed by atoms with van der Waals surface area (Å²) in [5.74, 6) is -0.763. The van der Waals surface area contributed by atoms with Crippen LogP contribution in [0.25, 0.3) is 0 Å². The highest BCUT2D eigenvalue weighted by molar-refractivity contribution is 7.10. The lowest BCUT2D eigenvalue weighted by atomic mass is 9.91. The molecule has 0 bridgehead atoms. The Morgan fingerprint density at radius 3 is 3.06 bits per heavy atom. The summed E-state index contributed by atoms with van der Waals surface area (Å²) < 4.78 is 0. The number of hydrogen-bond acceptors (Lipinski definition) is 4. The van der Waals surface area contributed by atoms with Gasteiger partial charge in [-0.15, -0.1) is 11.3 Å². The molecule has 0 amide bonds. The number of hydrogen-bond donors (Lipinski definition) is 3. The summed E-state index contributed by atoms with van der Waals surface area (Å²) in [6.07, 6.45) is 4.38. The van der Waals surface area contributed by atoms with E-state index < -0.39 is 5.97 Å². The van der Waals surface area contributed by atoms with E-state index in [2.05, 4.69) is 5.32 Å². The number of carboxylic acids is 1. The molecule has 4 nitrogen and oxygen atoms in total. The number of nitrogens with one attached hydrogen (secondary N) is 1. The van der Waals surface area contributed by atoms with Crippen LogP contribution in [0.15, 0.2) is 17.5 Å². The molecule has 3 unspecified atom stereocenters. The Morgan fingerprint density at radius 2 is 2.44 bits per heavy atom. The zero-order chi connectivity index (χ0) is 13.0. The first kappa shape index (κ1) is 13.5. The molecule has 0 aliphatic heterocycles. The molecule has 1 heterocycles. The molecule has 3 atom stereocenters. The number of carboxylic acid groups (broad SMARTS) is 1. The van der Waals surface area contributed by atoms with Gasteiger partial charge in [-0.05, 0) is 30.7 Å². The van der Waals surface area contributed by atoms with E-state index in [0.717, 1.165) is 30.6 Å². The smallest absolute Gasteiger partial charge is 0.305 e. The molecule has 1 aromatic heterocycles. The zero-order valence-electron chi connectivity index (χ0n) is 10.3. The van der Waals surface area contributed by atoms with Crippen molar-refractivity contribution in [3.8, 4) is 0 Å². The second-order valence-corrected chi connectivity index (χ2v) is 5.94. The van der Waals surface area contributed by atoms with Crippen LogP contribution < -0.4 is 11.1 Å². The molecule has 0 radical (unpaired) electrons. The van der Waals surface area contributed by atoms with Crippen LogP contribution in [-0.4, -0.2) is 23.2 Å². The van der Waals surface area contributed by atoms with Gasteiger partial charge in [-0.1, -0.05) is 12.5 Å². The maximum atomic E-state index is 11.0. The Kier molecular flexibility index (Phi) is 4.74. The molecule has 0 aromatic carbocycles. The first-order valence-corrected chi connectivity index (χ1v) is 7.30. The fraction of sp³-hybridized carbons (Fsp3) is 0.615. The zero-order valence-corrected chi connectivity index (χ0v) is 11.2. The Morgan fingerprint density at radius 1 is 1.61 bits per heavy atom. The maximum Gasteiger partial charge on any atom is 0.305 e. The molecule has 0 spiro atoms. The van der Waals surface area contributed by atoms with E-state index in [4.69, 9.17) is 10.8 Å². The minimum absolute atomic E-state index is 0.0854. The summed E-state index contributed by atoms with van der Waals surface area (Å²) in [6.45, 7) is 0. The predicted molar refractivity (Wildman–Crippen MR) is 72.7 cm³/mol. The normalized spacial score (nSPS) is 25.8. The molecular weight excluding hydrogens is 248 g/mol. The van der Waals surface area contributed by atoms with E-state index in [-0.39, 0.29) is 18.5 Å². The van der Waals surface area contributed by atoms with Gasteiger partial charge in [0.2, 0.25) is 0 Å². The summed E-state index contributed by atoms with van der Waals surface area (Å²) in [4.78, 5) is 12.0. The Hall–Kier alpha value is -0.910. The molecule has 4 N–H and O–H groups in total. The van der Waals surface area contributed by atoms with Crippen LogP contribution in [0.2, 0.25) is 0 Å². The number of rotatable bonds is 5. The second kappa shape index (κ2) is 6.31. The lowest BCUT2D eigenvalue weighted by Crippen LogP contribution is -2.41. The van der Waals surface area contributed by atoms with Gasteiger partial charge in [0.05, 0.1) is 12.5 Å². The molecule has 1 fully saturated rings. The van der Waals surface area contributed by atoms with Crippen molar-refractivity contribution >= 4 is 17.3 Å². The predicted octanol–water partition coefficient (Wildman–Crippen LogP) is 2.12. The summed E-state index contributed by atoms with van der Waals surface area (Å²) >= 11 is 1.61. The third-order valence-electron chi connectivity index (χ3n) is 3.42. The average Bonchev–Trinajstić information content (AvgIpc) is 2.80. The summed E-state index contributed by atoms with van der Waals surface area (Å²) in [6, 6.07) is 4.47. The van der Waals surface area contributed by atoms with Crippen molar-refractivity contribution in [1.82, 2.24) is 5.32 Å². The highest BCUT2D eigenvalue weighted by Gasteiger charge is 2.24. The topological polar surface area (TPSA) is 75.3 Å². The third kappa shape index (κ3) is 3.80. The second-order valence-electron chi connectivity index (χ2n) is 4.96. The lowest BCUT2D eigenvalue weighted by molar-refractivity contribution is -0.137. The fourth-order valence-electron chi connectivity index (χ4n) is 2.57.